The lowest BCUT2D eigenvalue weighted by Gasteiger charge is -2.09. The summed E-state index contributed by atoms with van der Waals surface area (Å²) in [5.41, 5.74) is 0.518. The van der Waals surface area contributed by atoms with E-state index in [4.69, 9.17) is 23.2 Å². The summed E-state index contributed by atoms with van der Waals surface area (Å²) >= 11 is 13.4. The van der Waals surface area contributed by atoms with Gasteiger partial charge in [0.15, 0.2) is 5.16 Å². The number of rotatable bonds is 4. The van der Waals surface area contributed by atoms with Crippen molar-refractivity contribution in [3.8, 4) is 0 Å². The Morgan fingerprint density at radius 1 is 1.26 bits per heavy atom. The molecule has 1 aromatic carbocycles. The van der Waals surface area contributed by atoms with Gasteiger partial charge in [-0.05, 0) is 25.0 Å². The Hall–Kier alpha value is -1.24. The molecule has 3 rings (SSSR count). The lowest BCUT2D eigenvalue weighted by Crippen LogP contribution is -2.15. The fourth-order valence-electron chi connectivity index (χ4n) is 2.48. The minimum Gasteiger partial charge on any atom is -0.324 e. The van der Waals surface area contributed by atoms with Crippen molar-refractivity contribution in [2.24, 2.45) is 0 Å². The second kappa shape index (κ2) is 7.55. The van der Waals surface area contributed by atoms with Gasteiger partial charge in [-0.25, -0.2) is 0 Å². The molecular weight excluding hydrogens is 355 g/mol. The Morgan fingerprint density at radius 2 is 2.13 bits per heavy atom. The molecule has 8 heteroatoms. The third kappa shape index (κ3) is 4.00. The first-order valence-electron chi connectivity index (χ1n) is 7.44. The van der Waals surface area contributed by atoms with E-state index in [1.165, 1.54) is 18.2 Å². The largest absolute Gasteiger partial charge is 0.324 e. The van der Waals surface area contributed by atoms with Gasteiger partial charge in [-0.15, -0.1) is 10.2 Å². The third-order valence-corrected chi connectivity index (χ3v) is 5.42. The first-order chi connectivity index (χ1) is 11.1. The van der Waals surface area contributed by atoms with Crippen molar-refractivity contribution in [2.75, 3.05) is 11.1 Å². The highest BCUT2D eigenvalue weighted by molar-refractivity contribution is 7.99. The number of carbonyl (C=O) groups is 1. The molecule has 0 saturated carbocycles. The number of aryl methyl sites for hydroxylation is 1. The molecule has 2 heterocycles. The van der Waals surface area contributed by atoms with Crippen LogP contribution >= 0.6 is 35.0 Å². The molecule has 1 aromatic heterocycles. The van der Waals surface area contributed by atoms with Crippen molar-refractivity contribution in [3.05, 3.63) is 34.1 Å². The standard InChI is InChI=1S/C15H16Cl2N4OS/c16-10-5-4-6-11(14(10)17)18-13(22)9-23-15-20-19-12-7-2-1-3-8-21(12)15/h4-6H,1-3,7-9H2,(H,18,22). The van der Waals surface area contributed by atoms with E-state index in [9.17, 15) is 4.79 Å². The van der Waals surface area contributed by atoms with Crippen molar-refractivity contribution >= 4 is 46.6 Å². The van der Waals surface area contributed by atoms with E-state index in [1.807, 2.05) is 0 Å². The molecule has 122 valence electrons. The maximum absolute atomic E-state index is 12.1. The van der Waals surface area contributed by atoms with Crippen LogP contribution in [0.15, 0.2) is 23.4 Å². The summed E-state index contributed by atoms with van der Waals surface area (Å²) in [5.74, 6) is 1.12. The van der Waals surface area contributed by atoms with E-state index < -0.39 is 0 Å². The minimum atomic E-state index is -0.148. The Morgan fingerprint density at radius 3 is 3.00 bits per heavy atom. The van der Waals surface area contributed by atoms with Gasteiger partial charge >= 0.3 is 0 Å². The van der Waals surface area contributed by atoms with Crippen molar-refractivity contribution < 1.29 is 4.79 Å². The molecule has 0 aliphatic carbocycles. The topological polar surface area (TPSA) is 59.8 Å². The fourth-order valence-corrected chi connectivity index (χ4v) is 3.61. The van der Waals surface area contributed by atoms with Crippen LogP contribution in [0.5, 0.6) is 0 Å². The van der Waals surface area contributed by atoms with Gasteiger partial charge in [0.05, 0.1) is 21.5 Å². The SMILES string of the molecule is O=C(CSc1nnc2n1CCCCC2)Nc1cccc(Cl)c1Cl. The maximum Gasteiger partial charge on any atom is 0.234 e. The van der Waals surface area contributed by atoms with Crippen molar-refractivity contribution in [1.29, 1.82) is 0 Å². The van der Waals surface area contributed by atoms with Crippen LogP contribution < -0.4 is 5.32 Å². The van der Waals surface area contributed by atoms with Crippen LogP contribution in [-0.2, 0) is 17.8 Å². The van der Waals surface area contributed by atoms with E-state index in [2.05, 4.69) is 20.1 Å². The maximum atomic E-state index is 12.1. The molecule has 2 aromatic rings. The van der Waals surface area contributed by atoms with Crippen LogP contribution in [0.25, 0.3) is 0 Å². The number of nitrogens with zero attached hydrogens (tertiary/aromatic N) is 3. The van der Waals surface area contributed by atoms with Gasteiger partial charge in [0.25, 0.3) is 0 Å². The summed E-state index contributed by atoms with van der Waals surface area (Å²) in [5, 5.41) is 12.8. The average Bonchev–Trinajstić information content (AvgIpc) is 2.76. The molecule has 0 spiro atoms. The molecule has 1 aliphatic heterocycles. The molecule has 0 atom stereocenters. The minimum absolute atomic E-state index is 0.148. The smallest absolute Gasteiger partial charge is 0.234 e. The number of carbonyl (C=O) groups excluding carboxylic acids is 1. The summed E-state index contributed by atoms with van der Waals surface area (Å²) in [6, 6.07) is 5.15. The van der Waals surface area contributed by atoms with Crippen molar-refractivity contribution in [3.63, 3.8) is 0 Å². The Bertz CT molecular complexity index is 719. The lowest BCUT2D eigenvalue weighted by atomic mass is 10.2. The zero-order valence-corrected chi connectivity index (χ0v) is 14.7. The molecule has 23 heavy (non-hydrogen) atoms. The van der Waals surface area contributed by atoms with E-state index >= 15 is 0 Å². The monoisotopic (exact) mass is 370 g/mol. The highest BCUT2D eigenvalue weighted by atomic mass is 35.5. The van der Waals surface area contributed by atoms with Gasteiger partial charge in [0.1, 0.15) is 5.82 Å². The molecule has 1 N–H and O–H groups in total. The van der Waals surface area contributed by atoms with Gasteiger partial charge in [-0.1, -0.05) is 47.5 Å². The molecule has 1 aliphatic rings. The van der Waals surface area contributed by atoms with Gasteiger partial charge in [-0.3, -0.25) is 4.79 Å². The molecule has 1 amide bonds. The normalized spacial score (nSPS) is 14.2. The highest BCUT2D eigenvalue weighted by Gasteiger charge is 2.16. The summed E-state index contributed by atoms with van der Waals surface area (Å²) in [4.78, 5) is 12.1. The van der Waals surface area contributed by atoms with Gasteiger partial charge in [0, 0.05) is 13.0 Å². The van der Waals surface area contributed by atoms with E-state index in [-0.39, 0.29) is 11.7 Å². The summed E-state index contributed by atoms with van der Waals surface area (Å²) in [6.07, 6.45) is 4.44. The van der Waals surface area contributed by atoms with Crippen LogP contribution in [0.1, 0.15) is 25.1 Å². The van der Waals surface area contributed by atoms with Crippen LogP contribution in [-0.4, -0.2) is 26.4 Å². The van der Waals surface area contributed by atoms with Crippen molar-refractivity contribution in [1.82, 2.24) is 14.8 Å². The summed E-state index contributed by atoms with van der Waals surface area (Å²) in [7, 11) is 0. The van der Waals surface area contributed by atoms with E-state index in [0.717, 1.165) is 36.8 Å². The highest BCUT2D eigenvalue weighted by Crippen LogP contribution is 2.30. The Balaban J connectivity index is 1.61. The number of thioether (sulfide) groups is 1. The van der Waals surface area contributed by atoms with Crippen LogP contribution in [0.2, 0.25) is 10.0 Å². The number of aromatic nitrogens is 3. The average molecular weight is 371 g/mol. The Labute approximate surface area is 148 Å². The number of fused-ring (bicyclic) bond motifs is 1. The van der Waals surface area contributed by atoms with Crippen LogP contribution in [0.3, 0.4) is 0 Å². The first kappa shape index (κ1) is 16.6. The van der Waals surface area contributed by atoms with Gasteiger partial charge < -0.3 is 9.88 Å². The molecule has 0 radical (unpaired) electrons. The predicted octanol–water partition coefficient (Wildman–Crippen LogP) is 4.04. The number of halogens is 2. The molecule has 0 fully saturated rings. The van der Waals surface area contributed by atoms with Crippen LogP contribution in [0.4, 0.5) is 5.69 Å². The number of amides is 1. The number of hydrogen-bond acceptors (Lipinski definition) is 4. The predicted molar refractivity (Wildman–Crippen MR) is 93.4 cm³/mol. The molecule has 0 unspecified atom stereocenters. The number of nitrogens with one attached hydrogen (secondary N) is 1. The second-order valence-corrected chi connectivity index (χ2v) is 7.03. The van der Waals surface area contributed by atoms with Gasteiger partial charge in [-0.2, -0.15) is 0 Å². The molecule has 5 nitrogen and oxygen atoms in total. The molecule has 0 saturated heterocycles. The number of anilines is 1. The van der Waals surface area contributed by atoms with Gasteiger partial charge in [0.2, 0.25) is 5.91 Å². The number of benzene rings is 1. The summed E-state index contributed by atoms with van der Waals surface area (Å²) < 4.78 is 2.12. The Kier molecular flexibility index (Phi) is 5.46. The lowest BCUT2D eigenvalue weighted by molar-refractivity contribution is -0.113. The zero-order valence-electron chi connectivity index (χ0n) is 12.4. The van der Waals surface area contributed by atoms with E-state index in [0.29, 0.717) is 15.7 Å². The third-order valence-electron chi connectivity index (χ3n) is 3.63. The number of hydrogen-bond donors (Lipinski definition) is 1. The second-order valence-electron chi connectivity index (χ2n) is 5.30. The zero-order chi connectivity index (χ0) is 16.2. The first-order valence-corrected chi connectivity index (χ1v) is 9.18. The van der Waals surface area contributed by atoms with E-state index in [1.54, 1.807) is 18.2 Å². The quantitative estimate of drug-likeness (QED) is 0.824. The summed E-state index contributed by atoms with van der Waals surface area (Å²) in [6.45, 7) is 0.923. The molecule has 0 bridgehead atoms. The fraction of sp³-hybridized carbons (Fsp3) is 0.400. The molecular formula is C15H16Cl2N4OS. The van der Waals surface area contributed by atoms with Crippen molar-refractivity contribution in [2.45, 2.75) is 37.4 Å². The van der Waals surface area contributed by atoms with Crippen LogP contribution in [0, 0.1) is 0 Å².